The van der Waals surface area contributed by atoms with Crippen molar-refractivity contribution in [2.45, 2.75) is 54.1 Å². The molecule has 8 unspecified atom stereocenters. The molecule has 13 nitrogen and oxygen atoms in total. The third-order valence-electron chi connectivity index (χ3n) is 8.50. The molecule has 2 aromatic heterocycles. The summed E-state index contributed by atoms with van der Waals surface area (Å²) >= 11 is 1.11. The first-order chi connectivity index (χ1) is 23.0. The van der Waals surface area contributed by atoms with Crippen LogP contribution >= 0.6 is 11.8 Å². The van der Waals surface area contributed by atoms with Gasteiger partial charge in [-0.15, -0.1) is 22.0 Å². The lowest BCUT2D eigenvalue weighted by Crippen LogP contribution is -2.58. The normalized spacial score (nSPS) is 27.7. The summed E-state index contributed by atoms with van der Waals surface area (Å²) in [6, 6.07) is 5.50. The number of ether oxygens (including phenoxy) is 2. The van der Waals surface area contributed by atoms with Gasteiger partial charge in [-0.2, -0.15) is 0 Å². The fourth-order valence-corrected chi connectivity index (χ4v) is 7.56. The van der Waals surface area contributed by atoms with Gasteiger partial charge in [0.05, 0.1) is 36.4 Å². The second-order valence-corrected chi connectivity index (χ2v) is 12.8. The summed E-state index contributed by atoms with van der Waals surface area (Å²) in [5.41, 5.74) is -0.252. The minimum absolute atomic E-state index is 0.0285. The zero-order valence-corrected chi connectivity index (χ0v) is 26.3. The van der Waals surface area contributed by atoms with E-state index in [4.69, 9.17) is 9.47 Å². The van der Waals surface area contributed by atoms with E-state index in [2.05, 4.69) is 20.6 Å². The Hall–Kier alpha value is -3.94. The van der Waals surface area contributed by atoms with E-state index < -0.39 is 77.1 Å². The number of methoxy groups -OCH3 is 1. The van der Waals surface area contributed by atoms with Crippen molar-refractivity contribution in [3.8, 4) is 22.5 Å². The summed E-state index contributed by atoms with van der Waals surface area (Å²) in [4.78, 5) is 14.1. The zero-order chi connectivity index (χ0) is 34.3. The van der Waals surface area contributed by atoms with E-state index in [9.17, 15) is 37.7 Å². The molecule has 0 bridgehead atoms. The molecule has 4 aromatic rings. The molecule has 0 radical (unpaired) electrons. The van der Waals surface area contributed by atoms with E-state index in [1.54, 1.807) is 12.3 Å². The van der Waals surface area contributed by atoms with Crippen LogP contribution in [0.3, 0.4) is 0 Å². The predicted octanol–water partition coefficient (Wildman–Crippen LogP) is 1.96. The Kier molecular flexibility index (Phi) is 9.82. The summed E-state index contributed by atoms with van der Waals surface area (Å²) < 4.78 is 69.7. The van der Waals surface area contributed by atoms with Crippen LogP contribution < -0.4 is 0 Å². The minimum Gasteiger partial charge on any atom is -0.394 e. The van der Waals surface area contributed by atoms with Crippen molar-refractivity contribution < 1.29 is 47.1 Å². The molecule has 0 spiro atoms. The molecule has 6 rings (SSSR count). The van der Waals surface area contributed by atoms with Gasteiger partial charge in [0.25, 0.3) is 0 Å². The van der Waals surface area contributed by atoms with E-state index in [0.29, 0.717) is 11.3 Å². The smallest absolute Gasteiger partial charge is 0.219 e. The largest absolute Gasteiger partial charge is 0.394 e. The van der Waals surface area contributed by atoms with Gasteiger partial charge in [0.2, 0.25) is 5.91 Å². The average molecular weight is 694 g/mol. The number of carbonyl (C=O) groups excluding carboxylic acids is 1. The number of halogens is 4. The Morgan fingerprint density at radius 2 is 1.65 bits per heavy atom. The Labute approximate surface area is 275 Å². The summed E-state index contributed by atoms with van der Waals surface area (Å²) in [6.45, 7) is 0.982. The molecule has 0 saturated carbocycles. The van der Waals surface area contributed by atoms with Crippen LogP contribution in [0.2, 0.25) is 0 Å². The lowest BCUT2D eigenvalue weighted by molar-refractivity contribution is -0.186. The number of carbonyl (C=O) groups is 1. The van der Waals surface area contributed by atoms with E-state index in [1.807, 2.05) is 0 Å². The van der Waals surface area contributed by atoms with Crippen LogP contribution in [0.5, 0.6) is 0 Å². The van der Waals surface area contributed by atoms with Gasteiger partial charge in [0.15, 0.2) is 17.5 Å². The number of piperidine rings is 1. The van der Waals surface area contributed by atoms with Gasteiger partial charge in [0, 0.05) is 38.2 Å². The molecule has 0 aliphatic carbocycles. The number of aromatic nitrogens is 6. The highest BCUT2D eigenvalue weighted by molar-refractivity contribution is 8.00. The lowest BCUT2D eigenvalue weighted by atomic mass is 9.97. The van der Waals surface area contributed by atoms with E-state index in [1.165, 1.54) is 52.7 Å². The number of amides is 1. The van der Waals surface area contributed by atoms with Crippen molar-refractivity contribution in [1.29, 1.82) is 0 Å². The third-order valence-corrected chi connectivity index (χ3v) is 9.92. The quantitative estimate of drug-likeness (QED) is 0.183. The number of aliphatic hydroxyl groups excluding tert-OH is 3. The Morgan fingerprint density at radius 1 is 0.979 bits per heavy atom. The highest BCUT2D eigenvalue weighted by Crippen LogP contribution is 2.41. The molecule has 2 aliphatic heterocycles. The van der Waals surface area contributed by atoms with E-state index >= 15 is 0 Å². The number of thioether (sulfide) groups is 1. The molecule has 2 aromatic carbocycles. The number of aliphatic hydroxyl groups is 3. The highest BCUT2D eigenvalue weighted by Gasteiger charge is 2.50. The molecule has 2 aliphatic rings. The van der Waals surface area contributed by atoms with Crippen molar-refractivity contribution in [1.82, 2.24) is 34.9 Å². The molecule has 3 N–H and O–H groups in total. The Bertz CT molecular complexity index is 1760. The number of rotatable bonds is 8. The van der Waals surface area contributed by atoms with E-state index in [0.717, 1.165) is 23.9 Å². The Morgan fingerprint density at radius 3 is 2.29 bits per heavy atom. The monoisotopic (exact) mass is 693 g/mol. The fraction of sp³-hybridized carbons (Fsp3) is 0.433. The zero-order valence-electron chi connectivity index (χ0n) is 25.5. The standard InChI is InChI=1S/C30H31F4N7O6S/c1-14(43)39-11-22(40-9-20(35-37-40)15-4-3-5-17(31)6-15)27(44)24(12-39)48-30-29(46-2)26(28(45)23(13-42)47-30)41-10-21(36-38-41)16-7-18(32)25(34)19(33)8-16/h3-10,22-24,26-30,42,44-45H,11-13H2,1-2H3. The van der Waals surface area contributed by atoms with Gasteiger partial charge in [-0.1, -0.05) is 22.6 Å². The van der Waals surface area contributed by atoms with Gasteiger partial charge in [-0.05, 0) is 24.3 Å². The van der Waals surface area contributed by atoms with Gasteiger partial charge < -0.3 is 29.7 Å². The van der Waals surface area contributed by atoms with Crippen molar-refractivity contribution in [3.05, 3.63) is 72.1 Å². The van der Waals surface area contributed by atoms with Crippen molar-refractivity contribution in [3.63, 3.8) is 0 Å². The molecule has 8 atom stereocenters. The SMILES string of the molecule is COC1C(SC2CN(C(C)=O)CC(n3cc(-c4cccc(F)c4)nn3)C2O)OC(CO)C(O)C1n1cc(-c2cc(F)c(F)c(F)c2)nn1. The van der Waals surface area contributed by atoms with Crippen LogP contribution in [0.4, 0.5) is 17.6 Å². The number of benzene rings is 2. The number of hydrogen-bond acceptors (Lipinski definition) is 11. The number of nitrogens with zero attached hydrogens (tertiary/aromatic N) is 7. The molecule has 1 amide bonds. The van der Waals surface area contributed by atoms with Crippen LogP contribution in [0.25, 0.3) is 22.5 Å². The average Bonchev–Trinajstić information content (AvgIpc) is 3.75. The third kappa shape index (κ3) is 6.55. The molecule has 256 valence electrons. The molecular formula is C30H31F4N7O6S. The number of likely N-dealkylation sites (tertiary alicyclic amines) is 1. The predicted molar refractivity (Wildman–Crippen MR) is 161 cm³/mol. The molecular weight excluding hydrogens is 662 g/mol. The summed E-state index contributed by atoms with van der Waals surface area (Å²) in [7, 11) is 1.36. The van der Waals surface area contributed by atoms with Crippen LogP contribution in [0, 0.1) is 23.3 Å². The summed E-state index contributed by atoms with van der Waals surface area (Å²) in [6.07, 6.45) is -1.82. The van der Waals surface area contributed by atoms with Gasteiger partial charge in [-0.25, -0.2) is 26.9 Å². The first-order valence-electron chi connectivity index (χ1n) is 14.8. The molecule has 4 heterocycles. The van der Waals surface area contributed by atoms with Gasteiger partial charge >= 0.3 is 0 Å². The topological polar surface area (TPSA) is 161 Å². The summed E-state index contributed by atoms with van der Waals surface area (Å²) in [5, 5.41) is 48.5. The van der Waals surface area contributed by atoms with Crippen LogP contribution in [0.1, 0.15) is 19.0 Å². The van der Waals surface area contributed by atoms with Crippen molar-refractivity contribution >= 4 is 17.7 Å². The van der Waals surface area contributed by atoms with Crippen LogP contribution in [-0.4, -0.2) is 118 Å². The highest BCUT2D eigenvalue weighted by atomic mass is 32.2. The Balaban J connectivity index is 1.27. The molecule has 48 heavy (non-hydrogen) atoms. The first-order valence-corrected chi connectivity index (χ1v) is 15.7. The van der Waals surface area contributed by atoms with Gasteiger partial charge in [0.1, 0.15) is 47.0 Å². The van der Waals surface area contributed by atoms with Gasteiger partial charge in [-0.3, -0.25) is 4.79 Å². The maximum atomic E-state index is 13.9. The summed E-state index contributed by atoms with van der Waals surface area (Å²) in [5.74, 6) is -5.19. The molecule has 18 heteroatoms. The molecule has 2 saturated heterocycles. The second kappa shape index (κ2) is 13.9. The van der Waals surface area contributed by atoms with Crippen molar-refractivity contribution in [2.24, 2.45) is 0 Å². The molecule has 2 fully saturated rings. The lowest BCUT2D eigenvalue weighted by Gasteiger charge is -2.46. The second-order valence-electron chi connectivity index (χ2n) is 11.5. The maximum absolute atomic E-state index is 13.9. The van der Waals surface area contributed by atoms with Crippen molar-refractivity contribution in [2.75, 3.05) is 26.8 Å². The number of hydrogen-bond donors (Lipinski definition) is 3. The maximum Gasteiger partial charge on any atom is 0.219 e. The van der Waals surface area contributed by atoms with Crippen LogP contribution in [-0.2, 0) is 14.3 Å². The van der Waals surface area contributed by atoms with E-state index in [-0.39, 0.29) is 30.3 Å². The fourth-order valence-electron chi connectivity index (χ4n) is 5.97. The first kappa shape index (κ1) is 33.9. The minimum atomic E-state index is -1.64. The van der Waals surface area contributed by atoms with Crippen LogP contribution in [0.15, 0.2) is 48.8 Å².